The number of nitrogens with two attached hydrogens (primary N) is 1. The molecule has 0 spiro atoms. The lowest BCUT2D eigenvalue weighted by molar-refractivity contribution is 0.342. The Labute approximate surface area is 115 Å². The highest BCUT2D eigenvalue weighted by Crippen LogP contribution is 2.31. The molecule has 2 aromatic carbocycles. The number of nitrogens with zero attached hydrogens (tertiary/aromatic N) is 1. The van der Waals surface area contributed by atoms with Crippen LogP contribution < -0.4 is 10.5 Å². The second-order valence-corrected chi connectivity index (χ2v) is 4.36. The summed E-state index contributed by atoms with van der Waals surface area (Å²) in [5.74, 6) is 1.25. The largest absolute Gasteiger partial charge is 0.508 e. The summed E-state index contributed by atoms with van der Waals surface area (Å²) in [5, 5.41) is 9.43. The van der Waals surface area contributed by atoms with E-state index in [1.807, 2.05) is 13.0 Å². The van der Waals surface area contributed by atoms with Crippen LogP contribution in [0.15, 0.2) is 40.8 Å². The predicted octanol–water partition coefficient (Wildman–Crippen LogP) is 3.18. The molecule has 3 rings (SSSR count). The second kappa shape index (κ2) is 4.77. The molecule has 5 heteroatoms. The minimum Gasteiger partial charge on any atom is -0.508 e. The molecule has 0 aliphatic heterocycles. The van der Waals surface area contributed by atoms with E-state index >= 15 is 0 Å². The first-order chi connectivity index (χ1) is 9.67. The Balaban J connectivity index is 2.04. The first-order valence-electron chi connectivity index (χ1n) is 6.29. The Morgan fingerprint density at radius 3 is 2.85 bits per heavy atom. The van der Waals surface area contributed by atoms with Crippen LogP contribution >= 0.6 is 0 Å². The number of ether oxygens (including phenoxy) is 1. The lowest BCUT2D eigenvalue weighted by atomic mass is 10.2. The van der Waals surface area contributed by atoms with Gasteiger partial charge in [-0.15, -0.1) is 0 Å². The molecule has 0 saturated heterocycles. The molecule has 0 unspecified atom stereocenters. The van der Waals surface area contributed by atoms with Gasteiger partial charge >= 0.3 is 0 Å². The van der Waals surface area contributed by atoms with Crippen LogP contribution in [0.1, 0.15) is 6.92 Å². The van der Waals surface area contributed by atoms with Crippen LogP contribution in [0.4, 0.5) is 5.69 Å². The van der Waals surface area contributed by atoms with E-state index in [1.165, 1.54) is 6.07 Å². The molecule has 102 valence electrons. The van der Waals surface area contributed by atoms with E-state index in [-0.39, 0.29) is 5.75 Å². The molecule has 0 radical (unpaired) electrons. The third-order valence-corrected chi connectivity index (χ3v) is 2.93. The topological polar surface area (TPSA) is 81.5 Å². The predicted molar refractivity (Wildman–Crippen MR) is 76.7 cm³/mol. The SMILES string of the molecule is CCOc1ccc(-c2nc3ccc(O)cc3o2)cc1N. The fourth-order valence-electron chi connectivity index (χ4n) is 2.01. The van der Waals surface area contributed by atoms with E-state index in [9.17, 15) is 5.11 Å². The van der Waals surface area contributed by atoms with Crippen LogP contribution in [0, 0.1) is 0 Å². The van der Waals surface area contributed by atoms with Crippen molar-refractivity contribution < 1.29 is 14.3 Å². The van der Waals surface area contributed by atoms with Gasteiger partial charge in [-0.25, -0.2) is 4.98 Å². The number of fused-ring (bicyclic) bond motifs is 1. The molecule has 3 aromatic rings. The van der Waals surface area contributed by atoms with Gasteiger partial charge in [0.15, 0.2) is 5.58 Å². The summed E-state index contributed by atoms with van der Waals surface area (Å²) in [5.41, 5.74) is 8.45. The highest BCUT2D eigenvalue weighted by molar-refractivity contribution is 5.78. The molecule has 1 heterocycles. The minimum atomic E-state index is 0.145. The van der Waals surface area contributed by atoms with E-state index in [2.05, 4.69) is 4.98 Å². The summed E-state index contributed by atoms with van der Waals surface area (Å²) in [7, 11) is 0. The van der Waals surface area contributed by atoms with E-state index < -0.39 is 0 Å². The average Bonchev–Trinajstić information content (AvgIpc) is 2.84. The number of nitrogen functional groups attached to an aromatic ring is 1. The van der Waals surface area contributed by atoms with E-state index in [0.29, 0.717) is 35.0 Å². The molecule has 0 atom stereocenters. The van der Waals surface area contributed by atoms with Gasteiger partial charge in [-0.2, -0.15) is 0 Å². The van der Waals surface area contributed by atoms with Crippen molar-refractivity contribution in [2.24, 2.45) is 0 Å². The zero-order valence-electron chi connectivity index (χ0n) is 11.0. The molecule has 0 amide bonds. The number of phenolic OH excluding ortho intramolecular Hbond substituents is 1. The zero-order chi connectivity index (χ0) is 14.1. The zero-order valence-corrected chi connectivity index (χ0v) is 11.0. The van der Waals surface area contributed by atoms with Gasteiger partial charge in [-0.1, -0.05) is 0 Å². The van der Waals surface area contributed by atoms with Crippen molar-refractivity contribution in [3.63, 3.8) is 0 Å². The van der Waals surface area contributed by atoms with Crippen molar-refractivity contribution in [2.75, 3.05) is 12.3 Å². The summed E-state index contributed by atoms with van der Waals surface area (Å²) in [6.07, 6.45) is 0. The van der Waals surface area contributed by atoms with Gasteiger partial charge in [0.2, 0.25) is 5.89 Å². The number of oxazole rings is 1. The quantitative estimate of drug-likeness (QED) is 0.714. The van der Waals surface area contributed by atoms with E-state index in [1.54, 1.807) is 24.3 Å². The first kappa shape index (κ1) is 12.3. The third kappa shape index (κ3) is 2.14. The monoisotopic (exact) mass is 270 g/mol. The first-order valence-corrected chi connectivity index (χ1v) is 6.29. The molecule has 0 aliphatic carbocycles. The Kier molecular flexibility index (Phi) is 2.95. The molecule has 5 nitrogen and oxygen atoms in total. The summed E-state index contributed by atoms with van der Waals surface area (Å²) < 4.78 is 11.0. The highest BCUT2D eigenvalue weighted by atomic mass is 16.5. The molecule has 0 saturated carbocycles. The van der Waals surface area contributed by atoms with Crippen molar-refractivity contribution in [1.82, 2.24) is 4.98 Å². The van der Waals surface area contributed by atoms with Gasteiger partial charge in [-0.3, -0.25) is 0 Å². The van der Waals surface area contributed by atoms with Crippen molar-refractivity contribution in [3.05, 3.63) is 36.4 Å². The average molecular weight is 270 g/mol. The lowest BCUT2D eigenvalue weighted by Crippen LogP contribution is -1.96. The maximum absolute atomic E-state index is 9.43. The Bertz CT molecular complexity index is 765. The summed E-state index contributed by atoms with van der Waals surface area (Å²) in [6.45, 7) is 2.46. The van der Waals surface area contributed by atoms with Crippen molar-refractivity contribution in [2.45, 2.75) is 6.92 Å². The number of benzene rings is 2. The third-order valence-electron chi connectivity index (χ3n) is 2.93. The Morgan fingerprint density at radius 2 is 2.10 bits per heavy atom. The number of hydrogen-bond acceptors (Lipinski definition) is 5. The summed E-state index contributed by atoms with van der Waals surface area (Å²) in [6, 6.07) is 10.2. The molecule has 3 N–H and O–H groups in total. The number of phenols is 1. The molecule has 0 bridgehead atoms. The molecular formula is C15H14N2O3. The highest BCUT2D eigenvalue weighted by Gasteiger charge is 2.10. The van der Waals surface area contributed by atoms with Crippen LogP contribution in [0.25, 0.3) is 22.6 Å². The van der Waals surface area contributed by atoms with Gasteiger partial charge in [0.25, 0.3) is 0 Å². The normalized spacial score (nSPS) is 10.8. The second-order valence-electron chi connectivity index (χ2n) is 4.36. The van der Waals surface area contributed by atoms with Gasteiger partial charge in [0.1, 0.15) is 17.0 Å². The van der Waals surface area contributed by atoms with Crippen LogP contribution in [0.3, 0.4) is 0 Å². The van der Waals surface area contributed by atoms with Crippen LogP contribution in [-0.2, 0) is 0 Å². The van der Waals surface area contributed by atoms with Crippen molar-refractivity contribution in [1.29, 1.82) is 0 Å². The lowest BCUT2D eigenvalue weighted by Gasteiger charge is -2.06. The maximum Gasteiger partial charge on any atom is 0.227 e. The van der Waals surface area contributed by atoms with Gasteiger partial charge in [-0.05, 0) is 37.3 Å². The Hall–Kier alpha value is -2.69. The number of anilines is 1. The molecule has 0 aliphatic rings. The van der Waals surface area contributed by atoms with E-state index in [0.717, 1.165) is 5.56 Å². The van der Waals surface area contributed by atoms with E-state index in [4.69, 9.17) is 14.9 Å². The molecule has 0 fully saturated rings. The van der Waals surface area contributed by atoms with Gasteiger partial charge < -0.3 is 20.0 Å². The number of aromatic nitrogens is 1. The molecule has 1 aromatic heterocycles. The minimum absolute atomic E-state index is 0.145. The molecule has 20 heavy (non-hydrogen) atoms. The van der Waals surface area contributed by atoms with Gasteiger partial charge in [0, 0.05) is 11.6 Å². The van der Waals surface area contributed by atoms with Crippen LogP contribution in [-0.4, -0.2) is 16.7 Å². The van der Waals surface area contributed by atoms with Crippen LogP contribution in [0.2, 0.25) is 0 Å². The number of hydrogen-bond donors (Lipinski definition) is 2. The smallest absolute Gasteiger partial charge is 0.227 e. The molecular weight excluding hydrogens is 256 g/mol. The summed E-state index contributed by atoms with van der Waals surface area (Å²) in [4.78, 5) is 4.37. The maximum atomic E-state index is 9.43. The van der Waals surface area contributed by atoms with Crippen LogP contribution in [0.5, 0.6) is 11.5 Å². The summed E-state index contributed by atoms with van der Waals surface area (Å²) >= 11 is 0. The standard InChI is InChI=1S/C15H14N2O3/c1-2-19-13-6-3-9(7-11(13)16)15-17-12-5-4-10(18)8-14(12)20-15/h3-8,18H,2,16H2,1H3. The van der Waals surface area contributed by atoms with Crippen molar-refractivity contribution in [3.8, 4) is 23.0 Å². The van der Waals surface area contributed by atoms with Gasteiger partial charge in [0.05, 0.1) is 12.3 Å². The van der Waals surface area contributed by atoms with Crippen molar-refractivity contribution >= 4 is 16.8 Å². The fraction of sp³-hybridized carbons (Fsp3) is 0.133. The Morgan fingerprint density at radius 1 is 1.25 bits per heavy atom. The number of rotatable bonds is 3. The fourth-order valence-corrected chi connectivity index (χ4v) is 2.01. The number of aromatic hydroxyl groups is 1.